The van der Waals surface area contributed by atoms with Gasteiger partial charge >= 0.3 is 0 Å². The van der Waals surface area contributed by atoms with Gasteiger partial charge in [0.25, 0.3) is 0 Å². The maximum Gasteiger partial charge on any atom is 0.0127 e. The summed E-state index contributed by atoms with van der Waals surface area (Å²) in [6.07, 6.45) is 20.1. The van der Waals surface area contributed by atoms with Crippen molar-refractivity contribution in [2.75, 3.05) is 6.16 Å². The summed E-state index contributed by atoms with van der Waals surface area (Å²) in [6.45, 7) is 14.5. The van der Waals surface area contributed by atoms with Crippen molar-refractivity contribution >= 4 is 7.92 Å². The Morgan fingerprint density at radius 3 is 1.62 bits per heavy atom. The van der Waals surface area contributed by atoms with Gasteiger partial charge in [-0.05, 0) is 23.9 Å². The molecule has 0 nitrogen and oxygen atoms in total. The molecule has 0 spiro atoms. The third-order valence-corrected chi connectivity index (χ3v) is 9.98. The van der Waals surface area contributed by atoms with Crippen molar-refractivity contribution in [3.8, 4) is 0 Å². The molecule has 0 bridgehead atoms. The van der Waals surface area contributed by atoms with Crippen molar-refractivity contribution in [1.29, 1.82) is 0 Å². The second-order valence-corrected chi connectivity index (χ2v) is 10.7. The molecular formula is C20H31P. The molecule has 0 saturated heterocycles. The Labute approximate surface area is 132 Å². The summed E-state index contributed by atoms with van der Waals surface area (Å²) in [4.78, 5) is 0. The maximum atomic E-state index is 2.50. The van der Waals surface area contributed by atoms with Gasteiger partial charge in [-0.3, -0.25) is 0 Å². The summed E-state index contributed by atoms with van der Waals surface area (Å²) < 4.78 is 0. The molecule has 2 rings (SSSR count). The first-order valence-corrected chi connectivity index (χ1v) is 9.83. The second-order valence-electron chi connectivity index (χ2n) is 7.52. The van der Waals surface area contributed by atoms with Crippen LogP contribution in [-0.2, 0) is 0 Å². The number of allylic oxidation sites excluding steroid dienone is 8. The van der Waals surface area contributed by atoms with Gasteiger partial charge in [0, 0.05) is 10.3 Å². The molecule has 0 aromatic carbocycles. The Balaban J connectivity index is 2.44. The molecule has 4 atom stereocenters. The molecule has 2 aliphatic carbocycles. The first-order chi connectivity index (χ1) is 9.80. The van der Waals surface area contributed by atoms with Gasteiger partial charge in [-0.25, -0.2) is 0 Å². The van der Waals surface area contributed by atoms with Gasteiger partial charge in [0.2, 0.25) is 0 Å². The monoisotopic (exact) mass is 302 g/mol. The van der Waals surface area contributed by atoms with Crippen LogP contribution in [0.4, 0.5) is 0 Å². The zero-order chi connectivity index (χ0) is 15.7. The molecule has 0 saturated carbocycles. The van der Waals surface area contributed by atoms with E-state index in [2.05, 4.69) is 90.2 Å². The fourth-order valence-electron chi connectivity index (χ4n) is 3.60. The zero-order valence-corrected chi connectivity index (χ0v) is 15.4. The lowest BCUT2D eigenvalue weighted by Gasteiger charge is -2.52. The second kappa shape index (κ2) is 6.25. The van der Waals surface area contributed by atoms with Gasteiger partial charge < -0.3 is 0 Å². The highest BCUT2D eigenvalue weighted by Gasteiger charge is 2.47. The molecular weight excluding hydrogens is 271 g/mol. The molecule has 4 unspecified atom stereocenters. The molecule has 0 aromatic rings. The van der Waals surface area contributed by atoms with E-state index in [1.165, 1.54) is 6.16 Å². The zero-order valence-electron chi connectivity index (χ0n) is 14.5. The van der Waals surface area contributed by atoms with Gasteiger partial charge in [-0.15, -0.1) is 0 Å². The van der Waals surface area contributed by atoms with E-state index in [1.807, 2.05) is 0 Å². The van der Waals surface area contributed by atoms with Gasteiger partial charge in [-0.1, -0.05) is 98.1 Å². The van der Waals surface area contributed by atoms with Crippen LogP contribution in [0.15, 0.2) is 48.6 Å². The van der Waals surface area contributed by atoms with Crippen LogP contribution in [0.5, 0.6) is 0 Å². The van der Waals surface area contributed by atoms with E-state index < -0.39 is 0 Å². The van der Waals surface area contributed by atoms with Crippen molar-refractivity contribution in [1.82, 2.24) is 0 Å². The highest BCUT2D eigenvalue weighted by Crippen LogP contribution is 2.67. The SMILES string of the molecule is CC(C)CP(C1(C)C=CC=CC1C)C1(C)C=CC=CC1C. The molecule has 0 radical (unpaired) electrons. The van der Waals surface area contributed by atoms with Crippen LogP contribution in [0.3, 0.4) is 0 Å². The first-order valence-electron chi connectivity index (χ1n) is 8.30. The van der Waals surface area contributed by atoms with Gasteiger partial charge in [0.05, 0.1) is 0 Å². The van der Waals surface area contributed by atoms with Crippen molar-refractivity contribution < 1.29 is 0 Å². The Bertz CT molecular complexity index is 442. The van der Waals surface area contributed by atoms with E-state index in [0.29, 0.717) is 22.1 Å². The molecule has 2 aliphatic rings. The van der Waals surface area contributed by atoms with Crippen molar-refractivity contribution in [3.05, 3.63) is 48.6 Å². The third-order valence-electron chi connectivity index (χ3n) is 5.44. The minimum absolute atomic E-state index is 0.155. The van der Waals surface area contributed by atoms with E-state index >= 15 is 0 Å². The van der Waals surface area contributed by atoms with Crippen LogP contribution >= 0.6 is 7.92 Å². The van der Waals surface area contributed by atoms with Gasteiger partial charge in [-0.2, -0.15) is 0 Å². The molecule has 0 aliphatic heterocycles. The molecule has 0 aromatic heterocycles. The lowest BCUT2D eigenvalue weighted by atomic mass is 9.89. The Hall–Kier alpha value is -0.610. The van der Waals surface area contributed by atoms with E-state index in [4.69, 9.17) is 0 Å². The highest BCUT2D eigenvalue weighted by atomic mass is 31.1. The van der Waals surface area contributed by atoms with Crippen LogP contribution in [0.25, 0.3) is 0 Å². The molecule has 116 valence electrons. The van der Waals surface area contributed by atoms with E-state index in [0.717, 1.165) is 5.92 Å². The lowest BCUT2D eigenvalue weighted by Crippen LogP contribution is -2.42. The van der Waals surface area contributed by atoms with E-state index in [9.17, 15) is 0 Å². The molecule has 21 heavy (non-hydrogen) atoms. The smallest absolute Gasteiger partial charge is 0.0127 e. The van der Waals surface area contributed by atoms with Crippen LogP contribution in [0.2, 0.25) is 0 Å². The minimum Gasteiger partial charge on any atom is -0.0852 e. The average molecular weight is 302 g/mol. The minimum atomic E-state index is -0.155. The largest absolute Gasteiger partial charge is 0.0852 e. The Morgan fingerprint density at radius 2 is 1.29 bits per heavy atom. The molecule has 0 N–H and O–H groups in total. The summed E-state index contributed by atoms with van der Waals surface area (Å²) in [7, 11) is -0.155. The number of hydrogen-bond acceptors (Lipinski definition) is 0. The molecule has 1 heteroatoms. The maximum absolute atomic E-state index is 2.50. The average Bonchev–Trinajstić information content (AvgIpc) is 2.43. The van der Waals surface area contributed by atoms with Crippen LogP contribution in [0.1, 0.15) is 41.5 Å². The van der Waals surface area contributed by atoms with Crippen molar-refractivity contribution in [3.63, 3.8) is 0 Å². The molecule has 0 fully saturated rings. The van der Waals surface area contributed by atoms with Crippen molar-refractivity contribution in [2.45, 2.75) is 51.9 Å². The number of hydrogen-bond donors (Lipinski definition) is 0. The Morgan fingerprint density at radius 1 is 0.857 bits per heavy atom. The fourth-order valence-corrected chi connectivity index (χ4v) is 7.85. The highest BCUT2D eigenvalue weighted by molar-refractivity contribution is 7.61. The predicted molar refractivity (Wildman–Crippen MR) is 98.3 cm³/mol. The fraction of sp³-hybridized carbons (Fsp3) is 0.600. The third kappa shape index (κ3) is 3.11. The summed E-state index contributed by atoms with van der Waals surface area (Å²) in [5.41, 5.74) is 0. The van der Waals surface area contributed by atoms with Crippen molar-refractivity contribution in [2.24, 2.45) is 17.8 Å². The van der Waals surface area contributed by atoms with Gasteiger partial charge in [0.1, 0.15) is 0 Å². The topological polar surface area (TPSA) is 0 Å². The van der Waals surface area contributed by atoms with Gasteiger partial charge in [0.15, 0.2) is 0 Å². The molecule has 0 heterocycles. The number of rotatable bonds is 4. The standard InChI is InChI=1S/C20H31P/c1-16(2)15-21(19(5)13-9-7-11-17(19)3)20(6)14-10-8-12-18(20)4/h7-14,16-18H,15H2,1-6H3. The summed E-state index contributed by atoms with van der Waals surface area (Å²) in [5, 5.41) is 0.597. The predicted octanol–water partition coefficient (Wildman–Crippen LogP) is 6.17. The quantitative estimate of drug-likeness (QED) is 0.545. The first kappa shape index (κ1) is 16.8. The Kier molecular flexibility index (Phi) is 4.99. The normalized spacial score (nSPS) is 40.0. The van der Waals surface area contributed by atoms with Crippen LogP contribution in [-0.4, -0.2) is 16.5 Å². The molecule has 0 amide bonds. The van der Waals surface area contributed by atoms with Crippen LogP contribution < -0.4 is 0 Å². The summed E-state index contributed by atoms with van der Waals surface area (Å²) in [5.74, 6) is 1.99. The summed E-state index contributed by atoms with van der Waals surface area (Å²) >= 11 is 0. The lowest BCUT2D eigenvalue weighted by molar-refractivity contribution is 0.529. The van der Waals surface area contributed by atoms with E-state index in [1.54, 1.807) is 0 Å². The van der Waals surface area contributed by atoms with E-state index in [-0.39, 0.29) is 7.92 Å². The summed E-state index contributed by atoms with van der Waals surface area (Å²) in [6, 6.07) is 0. The van der Waals surface area contributed by atoms with Crippen LogP contribution in [0, 0.1) is 17.8 Å².